The minimum atomic E-state index is -0.227. The lowest BCUT2D eigenvalue weighted by atomic mass is 9.76. The molecule has 110 valence electrons. The lowest BCUT2D eigenvalue weighted by molar-refractivity contribution is -0.116. The molecule has 1 rings (SSSR count). The number of amides is 1. The molecule has 20 heavy (non-hydrogen) atoms. The number of rotatable bonds is 5. The first-order valence-corrected chi connectivity index (χ1v) is 6.87. The van der Waals surface area contributed by atoms with E-state index in [1.807, 2.05) is 20.8 Å². The number of aromatic hydroxyl groups is 1. The minimum absolute atomic E-state index is 0.0829. The topological polar surface area (TPSA) is 57.6 Å². The largest absolute Gasteiger partial charge is 0.505 e. The molecule has 0 aromatic heterocycles. The molecule has 4 nitrogen and oxygen atoms in total. The highest BCUT2D eigenvalue weighted by atomic mass is 16.3. The van der Waals surface area contributed by atoms with Gasteiger partial charge in [0.2, 0.25) is 5.91 Å². The summed E-state index contributed by atoms with van der Waals surface area (Å²) in [7, 11) is 1.59. The smallest absolute Gasteiger partial charge is 0.223 e. The number of anilines is 1. The van der Waals surface area contributed by atoms with Gasteiger partial charge < -0.3 is 10.0 Å². The molecule has 0 radical (unpaired) electrons. The van der Waals surface area contributed by atoms with Crippen molar-refractivity contribution in [3.8, 4) is 5.75 Å². The van der Waals surface area contributed by atoms with Gasteiger partial charge in [-0.25, -0.2) is 0 Å². The number of hydrogen-bond donors (Lipinski definition) is 1. The fourth-order valence-corrected chi connectivity index (χ4v) is 2.23. The van der Waals surface area contributed by atoms with Gasteiger partial charge in [0, 0.05) is 25.1 Å². The predicted molar refractivity (Wildman–Crippen MR) is 80.5 cm³/mol. The van der Waals surface area contributed by atoms with Crippen LogP contribution in [0.4, 0.5) is 5.69 Å². The molecule has 0 saturated carbocycles. The first kappa shape index (κ1) is 16.2. The maximum absolute atomic E-state index is 11.5. The van der Waals surface area contributed by atoms with Gasteiger partial charge in [0.1, 0.15) is 12.0 Å². The molecule has 0 bridgehead atoms. The van der Waals surface area contributed by atoms with Crippen molar-refractivity contribution >= 4 is 17.9 Å². The van der Waals surface area contributed by atoms with E-state index in [0.717, 1.165) is 24.7 Å². The second-order valence-corrected chi connectivity index (χ2v) is 5.40. The van der Waals surface area contributed by atoms with Gasteiger partial charge in [-0.3, -0.25) is 9.59 Å². The van der Waals surface area contributed by atoms with Crippen molar-refractivity contribution in [2.75, 3.05) is 11.9 Å². The highest BCUT2D eigenvalue weighted by Crippen LogP contribution is 2.42. The van der Waals surface area contributed by atoms with Crippen LogP contribution in [-0.4, -0.2) is 24.3 Å². The quantitative estimate of drug-likeness (QED) is 0.840. The zero-order valence-electron chi connectivity index (χ0n) is 12.9. The Balaban J connectivity index is 3.57. The van der Waals surface area contributed by atoms with E-state index in [1.54, 1.807) is 19.2 Å². The Labute approximate surface area is 120 Å². The summed E-state index contributed by atoms with van der Waals surface area (Å²) in [5, 5.41) is 10.5. The standard InChI is InChI=1S/C16H23NO3/c1-6-16(4,7-2)13-8-12(10-18)9-14(15(13)20)17(5)11(3)19/h8-10,20H,6-7H2,1-5H3. The first-order valence-electron chi connectivity index (χ1n) is 6.87. The van der Waals surface area contributed by atoms with Gasteiger partial charge in [0.05, 0.1) is 5.69 Å². The molecule has 0 aliphatic heterocycles. The normalized spacial score (nSPS) is 11.2. The van der Waals surface area contributed by atoms with Gasteiger partial charge in [-0.2, -0.15) is 0 Å². The van der Waals surface area contributed by atoms with Crippen molar-refractivity contribution in [1.82, 2.24) is 0 Å². The van der Waals surface area contributed by atoms with Gasteiger partial charge in [0.25, 0.3) is 0 Å². The van der Waals surface area contributed by atoms with E-state index < -0.39 is 0 Å². The lowest BCUT2D eigenvalue weighted by Crippen LogP contribution is -2.25. The number of carbonyl (C=O) groups is 2. The van der Waals surface area contributed by atoms with Crippen LogP contribution in [0.3, 0.4) is 0 Å². The van der Waals surface area contributed by atoms with Crippen LogP contribution < -0.4 is 4.90 Å². The molecule has 0 aliphatic rings. The van der Waals surface area contributed by atoms with Crippen molar-refractivity contribution in [1.29, 1.82) is 0 Å². The number of benzene rings is 1. The lowest BCUT2D eigenvalue weighted by Gasteiger charge is -2.30. The molecule has 1 aromatic carbocycles. The number of carbonyl (C=O) groups excluding carboxylic acids is 2. The minimum Gasteiger partial charge on any atom is -0.505 e. The van der Waals surface area contributed by atoms with Crippen LogP contribution in [-0.2, 0) is 10.2 Å². The SMILES string of the molecule is CCC(C)(CC)c1cc(C=O)cc(N(C)C(C)=O)c1O. The van der Waals surface area contributed by atoms with Crippen molar-refractivity contribution in [3.05, 3.63) is 23.3 Å². The Hall–Kier alpha value is -1.84. The summed E-state index contributed by atoms with van der Waals surface area (Å²) in [6.07, 6.45) is 2.41. The van der Waals surface area contributed by atoms with Gasteiger partial charge in [-0.15, -0.1) is 0 Å². The molecule has 1 amide bonds. The zero-order chi connectivity index (χ0) is 15.5. The number of hydrogen-bond acceptors (Lipinski definition) is 3. The molecule has 1 N–H and O–H groups in total. The fraction of sp³-hybridized carbons (Fsp3) is 0.500. The number of phenols is 1. The van der Waals surface area contributed by atoms with Crippen LogP contribution in [0.1, 0.15) is 56.5 Å². The van der Waals surface area contributed by atoms with E-state index in [2.05, 4.69) is 0 Å². The molecule has 0 spiro atoms. The van der Waals surface area contributed by atoms with Gasteiger partial charge in [0.15, 0.2) is 0 Å². The van der Waals surface area contributed by atoms with Crippen LogP contribution in [0.15, 0.2) is 12.1 Å². The Bertz CT molecular complexity index is 519. The molecular formula is C16H23NO3. The van der Waals surface area contributed by atoms with Crippen molar-refractivity contribution < 1.29 is 14.7 Å². The van der Waals surface area contributed by atoms with Crippen molar-refractivity contribution in [2.24, 2.45) is 0 Å². The van der Waals surface area contributed by atoms with E-state index in [0.29, 0.717) is 11.3 Å². The van der Waals surface area contributed by atoms with Crippen LogP contribution in [0.25, 0.3) is 0 Å². The Morgan fingerprint density at radius 2 is 1.90 bits per heavy atom. The molecule has 0 atom stereocenters. The first-order chi connectivity index (χ1) is 9.30. The third-order valence-electron chi connectivity index (χ3n) is 4.29. The van der Waals surface area contributed by atoms with Gasteiger partial charge in [-0.05, 0) is 30.4 Å². The summed E-state index contributed by atoms with van der Waals surface area (Å²) in [5.74, 6) is -0.108. The number of aldehydes is 1. The van der Waals surface area contributed by atoms with Crippen LogP contribution >= 0.6 is 0 Å². The highest BCUT2D eigenvalue weighted by molar-refractivity contribution is 5.94. The van der Waals surface area contributed by atoms with E-state index in [4.69, 9.17) is 0 Å². The molecule has 0 fully saturated rings. The number of nitrogens with zero attached hydrogens (tertiary/aromatic N) is 1. The monoisotopic (exact) mass is 277 g/mol. The summed E-state index contributed by atoms with van der Waals surface area (Å²) in [6.45, 7) is 7.56. The summed E-state index contributed by atoms with van der Waals surface area (Å²) in [4.78, 5) is 24.0. The maximum atomic E-state index is 11.5. The predicted octanol–water partition coefficient (Wildman–Crippen LogP) is 3.27. The van der Waals surface area contributed by atoms with Gasteiger partial charge in [-0.1, -0.05) is 20.8 Å². The van der Waals surface area contributed by atoms with Crippen LogP contribution in [0.2, 0.25) is 0 Å². The van der Waals surface area contributed by atoms with Gasteiger partial charge >= 0.3 is 0 Å². The average molecular weight is 277 g/mol. The summed E-state index contributed by atoms with van der Waals surface area (Å²) in [6, 6.07) is 3.26. The number of phenolic OH excluding ortho intramolecular Hbond substituents is 1. The Morgan fingerprint density at radius 3 is 2.30 bits per heavy atom. The van der Waals surface area contributed by atoms with Crippen LogP contribution in [0.5, 0.6) is 5.75 Å². The third kappa shape index (κ3) is 2.84. The molecule has 4 heteroatoms. The fourth-order valence-electron chi connectivity index (χ4n) is 2.23. The van der Waals surface area contributed by atoms with E-state index in [1.165, 1.54) is 11.8 Å². The van der Waals surface area contributed by atoms with E-state index >= 15 is 0 Å². The second kappa shape index (κ2) is 6.07. The molecular weight excluding hydrogens is 254 g/mol. The maximum Gasteiger partial charge on any atom is 0.223 e. The van der Waals surface area contributed by atoms with E-state index in [-0.39, 0.29) is 17.1 Å². The second-order valence-electron chi connectivity index (χ2n) is 5.40. The average Bonchev–Trinajstić information content (AvgIpc) is 2.45. The summed E-state index contributed by atoms with van der Waals surface area (Å²) < 4.78 is 0. The Morgan fingerprint density at radius 1 is 1.35 bits per heavy atom. The molecule has 0 unspecified atom stereocenters. The molecule has 0 aliphatic carbocycles. The van der Waals surface area contributed by atoms with Crippen molar-refractivity contribution in [2.45, 2.75) is 46.0 Å². The molecule has 0 heterocycles. The third-order valence-corrected chi connectivity index (χ3v) is 4.29. The van der Waals surface area contributed by atoms with Crippen molar-refractivity contribution in [3.63, 3.8) is 0 Å². The highest BCUT2D eigenvalue weighted by Gasteiger charge is 2.28. The molecule has 0 saturated heterocycles. The van der Waals surface area contributed by atoms with E-state index in [9.17, 15) is 14.7 Å². The zero-order valence-corrected chi connectivity index (χ0v) is 12.9. The molecule has 1 aromatic rings. The summed E-state index contributed by atoms with van der Waals surface area (Å²) >= 11 is 0. The van der Waals surface area contributed by atoms with Crippen LogP contribution in [0, 0.1) is 0 Å². The summed E-state index contributed by atoms with van der Waals surface area (Å²) in [5.41, 5.74) is 1.34. The Kier molecular flexibility index (Phi) is 4.93.